The zero-order chi connectivity index (χ0) is 23.2. The zero-order valence-corrected chi connectivity index (χ0v) is 19.7. The molecule has 2 aromatic carbocycles. The van der Waals surface area contributed by atoms with Crippen LogP contribution in [0.3, 0.4) is 0 Å². The molecule has 0 aliphatic carbocycles. The molecule has 34 heavy (non-hydrogen) atoms. The van der Waals surface area contributed by atoms with E-state index < -0.39 is 0 Å². The van der Waals surface area contributed by atoms with E-state index in [0.717, 1.165) is 70.9 Å². The lowest BCUT2D eigenvalue weighted by Crippen LogP contribution is -2.44. The van der Waals surface area contributed by atoms with E-state index in [4.69, 9.17) is 4.98 Å². The van der Waals surface area contributed by atoms with Gasteiger partial charge in [-0.1, -0.05) is 18.2 Å². The van der Waals surface area contributed by atoms with E-state index in [1.807, 2.05) is 12.4 Å². The predicted octanol–water partition coefficient (Wildman–Crippen LogP) is 3.99. The van der Waals surface area contributed by atoms with Crippen LogP contribution < -0.4 is 9.80 Å². The Kier molecular flexibility index (Phi) is 4.95. The molecule has 0 atom stereocenters. The normalized spacial score (nSPS) is 14.9. The van der Waals surface area contributed by atoms with Gasteiger partial charge in [-0.05, 0) is 42.4 Å². The van der Waals surface area contributed by atoms with Gasteiger partial charge < -0.3 is 19.7 Å². The predicted molar refractivity (Wildman–Crippen MR) is 138 cm³/mol. The van der Waals surface area contributed by atoms with Crippen LogP contribution in [0.25, 0.3) is 44.6 Å². The van der Waals surface area contributed by atoms with Gasteiger partial charge in [0.2, 0.25) is 0 Å². The summed E-state index contributed by atoms with van der Waals surface area (Å²) in [6.07, 6.45) is 3.77. The second-order valence-electron chi connectivity index (χ2n) is 9.21. The first-order valence-electron chi connectivity index (χ1n) is 11.6. The Bertz CT molecular complexity index is 1470. The number of aromatic nitrogens is 5. The number of nitrogens with zero attached hydrogens (tertiary/aromatic N) is 6. The van der Waals surface area contributed by atoms with Crippen molar-refractivity contribution in [1.29, 1.82) is 0 Å². The highest BCUT2D eigenvalue weighted by Crippen LogP contribution is 2.33. The van der Waals surface area contributed by atoms with Crippen molar-refractivity contribution >= 4 is 33.3 Å². The number of aromatic amines is 2. The maximum absolute atomic E-state index is 5.00. The van der Waals surface area contributed by atoms with Gasteiger partial charge in [-0.15, -0.1) is 0 Å². The molecule has 0 bridgehead atoms. The first kappa shape index (κ1) is 20.7. The Morgan fingerprint density at radius 1 is 0.912 bits per heavy atom. The van der Waals surface area contributed by atoms with Crippen LogP contribution in [0.15, 0.2) is 54.9 Å². The summed E-state index contributed by atoms with van der Waals surface area (Å²) >= 11 is 0. The number of benzene rings is 2. The van der Waals surface area contributed by atoms with Gasteiger partial charge in [0.05, 0.1) is 29.1 Å². The van der Waals surface area contributed by atoms with Crippen LogP contribution in [0.4, 0.5) is 11.4 Å². The van der Waals surface area contributed by atoms with Gasteiger partial charge in [0.15, 0.2) is 5.82 Å². The molecular formula is C26H28N8. The van der Waals surface area contributed by atoms with Crippen LogP contribution in [-0.4, -0.2) is 77.4 Å². The SMILES string of the molecule is CN1CCN(c2cncc3[nH]c(-c4n[nH]c5ccc(-c6cccc(N(C)C)c6)cc45)nc23)CC1. The third-order valence-corrected chi connectivity index (χ3v) is 6.70. The van der Waals surface area contributed by atoms with Crippen molar-refractivity contribution in [3.63, 3.8) is 0 Å². The van der Waals surface area contributed by atoms with Crippen molar-refractivity contribution < 1.29 is 0 Å². The molecule has 1 aliphatic rings. The maximum atomic E-state index is 5.00. The van der Waals surface area contributed by atoms with Crippen molar-refractivity contribution in [3.05, 3.63) is 54.9 Å². The number of pyridine rings is 1. The van der Waals surface area contributed by atoms with Crippen LogP contribution in [-0.2, 0) is 0 Å². The maximum Gasteiger partial charge on any atom is 0.159 e. The number of hydrogen-bond donors (Lipinski definition) is 2. The van der Waals surface area contributed by atoms with Gasteiger partial charge >= 0.3 is 0 Å². The van der Waals surface area contributed by atoms with Crippen molar-refractivity contribution in [1.82, 2.24) is 30.0 Å². The number of fused-ring (bicyclic) bond motifs is 2. The molecule has 8 nitrogen and oxygen atoms in total. The Labute approximate surface area is 198 Å². The third kappa shape index (κ3) is 3.56. The molecule has 1 fully saturated rings. The molecule has 0 amide bonds. The lowest BCUT2D eigenvalue weighted by atomic mass is 10.0. The lowest BCUT2D eigenvalue weighted by molar-refractivity contribution is 0.313. The number of piperazine rings is 1. The second-order valence-corrected chi connectivity index (χ2v) is 9.21. The molecule has 3 aromatic heterocycles. The fourth-order valence-corrected chi connectivity index (χ4v) is 4.65. The molecule has 172 valence electrons. The summed E-state index contributed by atoms with van der Waals surface area (Å²) in [5.41, 5.74) is 8.25. The van der Waals surface area contributed by atoms with Crippen molar-refractivity contribution in [2.24, 2.45) is 0 Å². The van der Waals surface area contributed by atoms with Crippen molar-refractivity contribution in [2.45, 2.75) is 0 Å². The summed E-state index contributed by atoms with van der Waals surface area (Å²) in [7, 11) is 6.28. The van der Waals surface area contributed by atoms with E-state index in [2.05, 4.69) is 98.5 Å². The molecule has 0 radical (unpaired) electrons. The number of anilines is 2. The smallest absolute Gasteiger partial charge is 0.159 e. The summed E-state index contributed by atoms with van der Waals surface area (Å²) in [5.74, 6) is 0.754. The molecule has 5 aromatic rings. The minimum absolute atomic E-state index is 0.754. The molecule has 2 N–H and O–H groups in total. The van der Waals surface area contributed by atoms with Gasteiger partial charge in [0.1, 0.15) is 11.2 Å². The second kappa shape index (κ2) is 8.14. The van der Waals surface area contributed by atoms with Crippen LogP contribution in [0, 0.1) is 0 Å². The summed E-state index contributed by atoms with van der Waals surface area (Å²) in [6, 6.07) is 15.0. The van der Waals surface area contributed by atoms with Gasteiger partial charge in [0, 0.05) is 51.3 Å². The largest absolute Gasteiger partial charge is 0.378 e. The Balaban J connectivity index is 1.42. The molecule has 0 unspecified atom stereocenters. The number of rotatable bonds is 4. The fraction of sp³-hybridized carbons (Fsp3) is 0.269. The Hall–Kier alpha value is -3.91. The number of hydrogen-bond acceptors (Lipinski definition) is 6. The van der Waals surface area contributed by atoms with E-state index >= 15 is 0 Å². The van der Waals surface area contributed by atoms with E-state index in [1.54, 1.807) is 0 Å². The topological polar surface area (TPSA) is 80.0 Å². The minimum Gasteiger partial charge on any atom is -0.378 e. The molecule has 0 spiro atoms. The molecule has 1 aliphatic heterocycles. The quantitative estimate of drug-likeness (QED) is 0.429. The van der Waals surface area contributed by atoms with Gasteiger partial charge in [-0.25, -0.2) is 4.98 Å². The molecule has 6 rings (SSSR count). The average Bonchev–Trinajstić information content (AvgIpc) is 3.48. The number of nitrogens with one attached hydrogen (secondary N) is 2. The highest BCUT2D eigenvalue weighted by molar-refractivity contribution is 5.97. The summed E-state index contributed by atoms with van der Waals surface area (Å²) in [4.78, 5) is 19.8. The molecular weight excluding hydrogens is 424 g/mol. The van der Waals surface area contributed by atoms with Crippen LogP contribution >= 0.6 is 0 Å². The van der Waals surface area contributed by atoms with Crippen molar-refractivity contribution in [3.8, 4) is 22.6 Å². The molecule has 8 heteroatoms. The van der Waals surface area contributed by atoms with Crippen LogP contribution in [0.1, 0.15) is 0 Å². The Morgan fingerprint density at radius 3 is 2.56 bits per heavy atom. The lowest BCUT2D eigenvalue weighted by Gasteiger charge is -2.33. The van der Waals surface area contributed by atoms with Gasteiger partial charge in [0.25, 0.3) is 0 Å². The molecule has 4 heterocycles. The number of imidazole rings is 1. The van der Waals surface area contributed by atoms with Crippen molar-refractivity contribution in [2.75, 3.05) is 57.1 Å². The monoisotopic (exact) mass is 452 g/mol. The Morgan fingerprint density at radius 2 is 1.74 bits per heavy atom. The fourth-order valence-electron chi connectivity index (χ4n) is 4.65. The highest BCUT2D eigenvalue weighted by atomic mass is 15.3. The average molecular weight is 453 g/mol. The third-order valence-electron chi connectivity index (χ3n) is 6.70. The number of likely N-dealkylation sites (N-methyl/N-ethyl adjacent to an activating group) is 1. The first-order valence-corrected chi connectivity index (χ1v) is 11.6. The standard InChI is InChI=1S/C26H28N8/c1-32(2)19-6-4-5-17(13-19)18-7-8-21-20(14-18)24(31-30-21)26-28-22-15-27-16-23(25(22)29-26)34-11-9-33(3)10-12-34/h4-8,13-16H,9-12H2,1-3H3,(H,28,29)(H,30,31). The number of H-pyrrole nitrogens is 2. The zero-order valence-electron chi connectivity index (χ0n) is 19.7. The minimum atomic E-state index is 0.754. The van der Waals surface area contributed by atoms with E-state index in [9.17, 15) is 0 Å². The van der Waals surface area contributed by atoms with E-state index in [1.165, 1.54) is 11.3 Å². The molecule has 1 saturated heterocycles. The van der Waals surface area contributed by atoms with Gasteiger partial charge in [-0.3, -0.25) is 10.1 Å². The van der Waals surface area contributed by atoms with E-state index in [0.29, 0.717) is 0 Å². The summed E-state index contributed by atoms with van der Waals surface area (Å²) in [6.45, 7) is 4.02. The van der Waals surface area contributed by atoms with Gasteiger partial charge in [-0.2, -0.15) is 5.10 Å². The molecule has 0 saturated carbocycles. The summed E-state index contributed by atoms with van der Waals surface area (Å²) in [5, 5.41) is 8.84. The van der Waals surface area contributed by atoms with E-state index in [-0.39, 0.29) is 0 Å². The van der Waals surface area contributed by atoms with Crippen LogP contribution in [0.5, 0.6) is 0 Å². The highest BCUT2D eigenvalue weighted by Gasteiger charge is 2.20. The first-order chi connectivity index (χ1) is 16.6. The van der Waals surface area contributed by atoms with Crippen LogP contribution in [0.2, 0.25) is 0 Å². The summed E-state index contributed by atoms with van der Waals surface area (Å²) < 4.78 is 0.